The second kappa shape index (κ2) is 10.2. The van der Waals surface area contributed by atoms with Gasteiger partial charge in [0, 0.05) is 22.7 Å². The fourth-order valence-electron chi connectivity index (χ4n) is 6.33. The minimum atomic E-state index is -2.01. The van der Waals surface area contributed by atoms with E-state index in [4.69, 9.17) is 9.41 Å². The number of nitrogens with zero attached hydrogens (tertiary/aromatic N) is 1. The van der Waals surface area contributed by atoms with Gasteiger partial charge in [0.25, 0.3) is 0 Å². The molecule has 0 radical (unpaired) electrons. The van der Waals surface area contributed by atoms with E-state index < -0.39 is 14.4 Å². The number of rotatable bonds is 5. The van der Waals surface area contributed by atoms with E-state index in [1.807, 2.05) is 0 Å². The van der Waals surface area contributed by atoms with Gasteiger partial charge in [-0.25, -0.2) is 0 Å². The summed E-state index contributed by atoms with van der Waals surface area (Å²) in [5, 5.41) is 12.1. The van der Waals surface area contributed by atoms with Gasteiger partial charge < -0.3 is 9.53 Å². The fourth-order valence-corrected chi connectivity index (χ4v) is 7.60. The predicted molar refractivity (Wildman–Crippen MR) is 163 cm³/mol. The summed E-state index contributed by atoms with van der Waals surface area (Å²) in [7, 11) is -2.01. The molecule has 4 heteroatoms. The molecule has 1 aromatic carbocycles. The van der Waals surface area contributed by atoms with Crippen LogP contribution in [0, 0.1) is 12.3 Å². The van der Waals surface area contributed by atoms with E-state index in [1.54, 1.807) is 0 Å². The van der Waals surface area contributed by atoms with Crippen LogP contribution in [-0.4, -0.2) is 18.4 Å². The highest BCUT2D eigenvalue weighted by Crippen LogP contribution is 2.50. The van der Waals surface area contributed by atoms with Crippen LogP contribution in [0.25, 0.3) is 0 Å². The van der Waals surface area contributed by atoms with Gasteiger partial charge >= 0.3 is 0 Å². The molecule has 2 atom stereocenters. The molecule has 1 N–H and O–H groups in total. The van der Waals surface area contributed by atoms with Crippen molar-refractivity contribution in [1.82, 2.24) is 4.98 Å². The minimum Gasteiger partial charge on any atom is -0.410 e. The summed E-state index contributed by atoms with van der Waals surface area (Å²) >= 11 is 0. The van der Waals surface area contributed by atoms with Crippen molar-refractivity contribution < 1.29 is 9.53 Å². The second-order valence-electron chi connectivity index (χ2n) is 15.6. The van der Waals surface area contributed by atoms with E-state index in [9.17, 15) is 5.11 Å². The van der Waals surface area contributed by atoms with Gasteiger partial charge in [0.1, 0.15) is 6.10 Å². The quantitative estimate of drug-likeness (QED) is 0.388. The molecule has 2 aliphatic carbocycles. The van der Waals surface area contributed by atoms with Crippen LogP contribution in [0.1, 0.15) is 145 Å². The number of aromatic nitrogens is 1. The van der Waals surface area contributed by atoms with E-state index in [1.165, 1.54) is 48.1 Å². The van der Waals surface area contributed by atoms with Gasteiger partial charge in [-0.3, -0.25) is 4.98 Å². The third-order valence-electron chi connectivity index (χ3n) is 9.71. The van der Waals surface area contributed by atoms with Crippen molar-refractivity contribution in [2.75, 3.05) is 0 Å². The molecule has 1 heterocycles. The SMILES string of the molecule is Cc1c2c(nc(C3CCCC3)c1C(O)c1ccc(C(C)(C)C)cc1)CC(C)(C)CC2O[Si](C)(C)C(C)(C)C. The van der Waals surface area contributed by atoms with E-state index in [0.717, 1.165) is 29.7 Å². The van der Waals surface area contributed by atoms with Crippen LogP contribution in [0.2, 0.25) is 18.1 Å². The maximum atomic E-state index is 12.0. The lowest BCUT2D eigenvalue weighted by molar-refractivity contribution is 0.105. The average molecular weight is 536 g/mol. The Morgan fingerprint density at radius 2 is 1.58 bits per heavy atom. The Hall–Kier alpha value is -1.49. The molecule has 2 aromatic rings. The molecular weight excluding hydrogens is 482 g/mol. The molecule has 1 fully saturated rings. The molecule has 0 saturated heterocycles. The lowest BCUT2D eigenvalue weighted by atomic mass is 9.72. The Balaban J connectivity index is 1.87. The molecule has 2 aliphatic rings. The van der Waals surface area contributed by atoms with Crippen LogP contribution in [-0.2, 0) is 16.3 Å². The normalized spacial score (nSPS) is 21.4. The van der Waals surface area contributed by atoms with E-state index in [0.29, 0.717) is 5.92 Å². The molecule has 2 unspecified atom stereocenters. The summed E-state index contributed by atoms with van der Waals surface area (Å²) in [6.07, 6.45) is 6.14. The molecule has 1 aromatic heterocycles. The van der Waals surface area contributed by atoms with E-state index in [-0.39, 0.29) is 22.0 Å². The molecule has 0 aliphatic heterocycles. The Bertz CT molecular complexity index is 1140. The highest BCUT2D eigenvalue weighted by molar-refractivity contribution is 6.74. The topological polar surface area (TPSA) is 42.4 Å². The van der Waals surface area contributed by atoms with Gasteiger partial charge in [0.05, 0.1) is 11.8 Å². The first kappa shape index (κ1) is 29.5. The van der Waals surface area contributed by atoms with Crippen molar-refractivity contribution in [3.05, 3.63) is 63.5 Å². The molecule has 3 nitrogen and oxygen atoms in total. The molecule has 210 valence electrons. The summed E-state index contributed by atoms with van der Waals surface area (Å²) in [5.74, 6) is 0.433. The van der Waals surface area contributed by atoms with Crippen LogP contribution >= 0.6 is 0 Å². The number of hydrogen-bond donors (Lipinski definition) is 1. The summed E-state index contributed by atoms with van der Waals surface area (Å²) < 4.78 is 7.16. The van der Waals surface area contributed by atoms with Crippen molar-refractivity contribution in [2.45, 2.75) is 143 Å². The monoisotopic (exact) mass is 535 g/mol. The van der Waals surface area contributed by atoms with Crippen molar-refractivity contribution in [3.63, 3.8) is 0 Å². The van der Waals surface area contributed by atoms with Gasteiger partial charge in [-0.2, -0.15) is 0 Å². The zero-order valence-electron chi connectivity index (χ0n) is 26.1. The molecule has 0 bridgehead atoms. The zero-order chi connectivity index (χ0) is 28.3. The summed E-state index contributed by atoms with van der Waals surface area (Å²) in [5.41, 5.74) is 8.34. The fraction of sp³-hybridized carbons (Fsp3) is 0.676. The van der Waals surface area contributed by atoms with Crippen LogP contribution < -0.4 is 0 Å². The average Bonchev–Trinajstić information content (AvgIpc) is 3.30. The number of hydrogen-bond acceptors (Lipinski definition) is 3. The van der Waals surface area contributed by atoms with Crippen molar-refractivity contribution in [1.29, 1.82) is 0 Å². The maximum Gasteiger partial charge on any atom is 0.192 e. The lowest BCUT2D eigenvalue weighted by Crippen LogP contribution is -2.44. The zero-order valence-corrected chi connectivity index (χ0v) is 27.1. The van der Waals surface area contributed by atoms with Crippen molar-refractivity contribution >= 4 is 8.32 Å². The predicted octanol–water partition coefficient (Wildman–Crippen LogP) is 9.46. The van der Waals surface area contributed by atoms with Gasteiger partial charge in [-0.1, -0.05) is 92.5 Å². The molecular formula is C34H53NO2Si. The number of aliphatic hydroxyl groups is 1. The summed E-state index contributed by atoms with van der Waals surface area (Å²) in [4.78, 5) is 5.47. The molecule has 38 heavy (non-hydrogen) atoms. The van der Waals surface area contributed by atoms with Gasteiger partial charge in [0.2, 0.25) is 0 Å². The molecule has 0 amide bonds. The smallest absolute Gasteiger partial charge is 0.192 e. The van der Waals surface area contributed by atoms with Crippen molar-refractivity contribution in [3.8, 4) is 0 Å². The maximum absolute atomic E-state index is 12.0. The first-order chi connectivity index (χ1) is 17.4. The van der Waals surface area contributed by atoms with E-state index in [2.05, 4.69) is 99.7 Å². The van der Waals surface area contributed by atoms with E-state index >= 15 is 0 Å². The van der Waals surface area contributed by atoms with Gasteiger partial charge in [-0.15, -0.1) is 0 Å². The third-order valence-corrected chi connectivity index (χ3v) is 14.2. The molecule has 0 spiro atoms. The van der Waals surface area contributed by atoms with Gasteiger partial charge in [-0.05, 0) is 78.3 Å². The second-order valence-corrected chi connectivity index (χ2v) is 20.3. The molecule has 4 rings (SSSR count). The summed E-state index contributed by atoms with van der Waals surface area (Å²) in [6, 6.07) is 8.60. The Morgan fingerprint density at radius 1 is 1.00 bits per heavy atom. The van der Waals surface area contributed by atoms with Crippen LogP contribution in [0.4, 0.5) is 0 Å². The van der Waals surface area contributed by atoms with Gasteiger partial charge in [0.15, 0.2) is 8.32 Å². The number of aliphatic hydroxyl groups excluding tert-OH is 1. The third kappa shape index (κ3) is 5.83. The minimum absolute atomic E-state index is 0.0222. The number of benzene rings is 1. The van der Waals surface area contributed by atoms with Crippen LogP contribution in [0.15, 0.2) is 24.3 Å². The highest BCUT2D eigenvalue weighted by Gasteiger charge is 2.44. The number of pyridine rings is 1. The Kier molecular flexibility index (Phi) is 7.88. The largest absolute Gasteiger partial charge is 0.410 e. The highest BCUT2D eigenvalue weighted by atomic mass is 28.4. The standard InChI is InChI=1S/C34H53NO2Si/c1-22-28-26(20-34(8,9)21-27(28)37-38(10,11)33(5,6)7)35-30(23-14-12-13-15-23)29(22)31(36)24-16-18-25(19-17-24)32(2,3)4/h16-19,23,27,31,36H,12-15,20-21H2,1-11H3. The Morgan fingerprint density at radius 3 is 2.11 bits per heavy atom. The van der Waals surface area contributed by atoms with Crippen molar-refractivity contribution in [2.24, 2.45) is 5.41 Å². The van der Waals surface area contributed by atoms with Crippen LogP contribution in [0.5, 0.6) is 0 Å². The number of fused-ring (bicyclic) bond motifs is 1. The Labute approximate surface area is 234 Å². The van der Waals surface area contributed by atoms with Crippen LogP contribution in [0.3, 0.4) is 0 Å². The molecule has 1 saturated carbocycles. The first-order valence-electron chi connectivity index (χ1n) is 14.9. The first-order valence-corrected chi connectivity index (χ1v) is 17.8. The lowest BCUT2D eigenvalue weighted by Gasteiger charge is -2.45. The summed E-state index contributed by atoms with van der Waals surface area (Å²) in [6.45, 7) is 25.3.